The van der Waals surface area contributed by atoms with Gasteiger partial charge in [-0.05, 0) is 57.8 Å². The van der Waals surface area contributed by atoms with Crippen molar-refractivity contribution in [2.45, 2.75) is 456 Å². The van der Waals surface area contributed by atoms with Crippen molar-refractivity contribution < 1.29 is 81.2 Å². The van der Waals surface area contributed by atoms with Crippen LogP contribution in [0.15, 0.2) is 0 Å². The van der Waals surface area contributed by atoms with Crippen LogP contribution in [-0.2, 0) is 66.3 Å². The molecule has 8 atom stereocenters. The Bertz CT molecular complexity index is 2030. The Hall–Kier alpha value is -3.19. The predicted octanol–water partition coefficient (Wildman–Crippen LogP) is 19.8. The summed E-state index contributed by atoms with van der Waals surface area (Å²) in [5, 5.41) is 16.6. The number of hydrogen-bond acceptors (Lipinski definition) is 15. The van der Waals surface area contributed by atoms with E-state index in [1.165, 1.54) is 103 Å². The Morgan fingerprint density at radius 1 is 0.390 bits per heavy atom. The van der Waals surface area contributed by atoms with Gasteiger partial charge in [-0.1, -0.05) is 311 Å². The zero-order chi connectivity index (χ0) is 73.4. The third-order valence-electron chi connectivity index (χ3n) is 19.3. The zero-order valence-corrected chi connectivity index (χ0v) is 65.4. The Balaban J connectivity index is 3.70. The van der Waals surface area contributed by atoms with Gasteiger partial charge >= 0.3 is 31.7 Å². The van der Waals surface area contributed by atoms with Gasteiger partial charge in [-0.2, -0.15) is 0 Å². The third-order valence-corrected chi connectivity index (χ3v) is 19.9. The van der Waals surface area contributed by atoms with Crippen LogP contribution in [0.5, 0.6) is 0 Å². The van der Waals surface area contributed by atoms with E-state index in [1.54, 1.807) is 0 Å². The number of esters is 4. The number of unbranched alkanes of at least 4 members (excludes halogenated alkanes) is 42. The van der Waals surface area contributed by atoms with Crippen molar-refractivity contribution in [1.29, 1.82) is 0 Å². The maximum absolute atomic E-state index is 14.7. The fraction of sp³-hybridized carbons (Fsp3) is 0.925. The first-order valence-corrected chi connectivity index (χ1v) is 43.0. The molecule has 1 aliphatic rings. The molecule has 1 rings (SSSR count). The Morgan fingerprint density at radius 2 is 0.690 bits per heavy atom. The molecule has 100 heavy (non-hydrogen) atoms. The molecule has 0 spiro atoms. The number of nitrogens with one attached hydrogen (secondary N) is 2. The predicted molar refractivity (Wildman–Crippen MR) is 400 cm³/mol. The lowest BCUT2D eigenvalue weighted by Gasteiger charge is -2.45. The first-order chi connectivity index (χ1) is 48.5. The van der Waals surface area contributed by atoms with E-state index in [-0.39, 0.29) is 51.2 Å². The first kappa shape index (κ1) is 94.8. The molecule has 20 heteroatoms. The van der Waals surface area contributed by atoms with Crippen LogP contribution in [0.25, 0.3) is 0 Å². The average molecular weight is 1440 g/mol. The van der Waals surface area contributed by atoms with Crippen LogP contribution in [0.4, 0.5) is 0 Å². The van der Waals surface area contributed by atoms with E-state index >= 15 is 0 Å². The average Bonchev–Trinajstić information content (AvgIpc) is 0.782. The van der Waals surface area contributed by atoms with Gasteiger partial charge in [-0.15, -0.1) is 0 Å². The molecule has 1 heterocycles. The highest BCUT2D eigenvalue weighted by molar-refractivity contribution is 7.46. The highest BCUT2D eigenvalue weighted by Crippen LogP contribution is 2.42. The Labute approximate surface area is 608 Å². The van der Waals surface area contributed by atoms with Crippen molar-refractivity contribution in [3.05, 3.63) is 0 Å². The minimum Gasteiger partial charge on any atom is -0.462 e. The van der Waals surface area contributed by atoms with E-state index < -0.39 is 99.5 Å². The second-order valence-electron chi connectivity index (χ2n) is 29.0. The SMILES string of the molecule is CCCCCCCCCCC[C@H](CC(=O)NCCO[C@H]1O[C@H](CO)[C@@H](OP(=O)(O)O)[C@H](OC(=O)C[C@@H](CCCCCCCCCCC)OC(=O)CCCCCCCCC)[C@@H]1NC(=O)C[C@@H](CCCCCCCCCCC)OC(=O)CCCCCCCCC)OC(=O)CCCCCCCCC. The number of aliphatic hydroxyl groups excluding tert-OH is 1. The van der Waals surface area contributed by atoms with Crippen molar-refractivity contribution in [3.8, 4) is 0 Å². The lowest BCUT2D eigenvalue weighted by molar-refractivity contribution is -0.270. The molecule has 1 aliphatic heterocycles. The van der Waals surface area contributed by atoms with Crippen LogP contribution in [0, 0.1) is 0 Å². The summed E-state index contributed by atoms with van der Waals surface area (Å²) < 4.78 is 55.2. The van der Waals surface area contributed by atoms with Gasteiger partial charge in [0.2, 0.25) is 11.8 Å². The fourth-order valence-corrected chi connectivity index (χ4v) is 13.9. The summed E-state index contributed by atoms with van der Waals surface area (Å²) >= 11 is 0. The van der Waals surface area contributed by atoms with E-state index in [0.717, 1.165) is 180 Å². The van der Waals surface area contributed by atoms with Crippen LogP contribution in [0.3, 0.4) is 0 Å². The minimum atomic E-state index is -5.46. The highest BCUT2D eigenvalue weighted by Gasteiger charge is 2.52. The standard InChI is InChI=1S/C80H151N2O17P/c1-7-13-19-25-31-34-40-43-49-55-67(94-73(86)58-52-46-37-28-22-16-10-4)63-71(84)81-61-62-93-80-77(82-72(85)64-68(56-50-44-41-35-32-26-20-14-8-2)95-74(87)59-53-47-38-29-23-17-11-5)79(78(70(66-83)97-80)99-100(90,91)92)98-76(89)65-69(57-51-45-42-36-33-27-21-15-9-3)96-75(88)60-54-48-39-30-24-18-12-6/h67-70,77-80,83H,7-66H2,1-6H3,(H,81,84)(H,82,85)(H2,90,91,92)/t67-,68-,69-,70-,77+,78-,79-,80+/m1/s1. The van der Waals surface area contributed by atoms with Gasteiger partial charge in [0.1, 0.15) is 36.6 Å². The molecule has 0 unspecified atom stereocenters. The van der Waals surface area contributed by atoms with Crippen LogP contribution in [-0.4, -0.2) is 119 Å². The molecule has 0 radical (unpaired) electrons. The lowest BCUT2D eigenvalue weighted by atomic mass is 9.96. The molecule has 0 saturated carbocycles. The maximum Gasteiger partial charge on any atom is 0.470 e. The number of carbonyl (C=O) groups is 6. The molecule has 0 bridgehead atoms. The Kier molecular flexibility index (Phi) is 63.0. The summed E-state index contributed by atoms with van der Waals surface area (Å²) in [6, 6.07) is -1.57. The van der Waals surface area contributed by atoms with E-state index in [1.807, 2.05) is 0 Å². The largest absolute Gasteiger partial charge is 0.470 e. The molecule has 19 nitrogen and oxygen atoms in total. The number of phosphoric ester groups is 1. The summed E-state index contributed by atoms with van der Waals surface area (Å²) in [7, 11) is -5.46. The molecule has 588 valence electrons. The van der Waals surface area contributed by atoms with Gasteiger partial charge in [0.15, 0.2) is 12.4 Å². The molecule has 1 fully saturated rings. The first-order valence-electron chi connectivity index (χ1n) is 41.5. The van der Waals surface area contributed by atoms with Gasteiger partial charge in [0.05, 0.1) is 32.5 Å². The van der Waals surface area contributed by atoms with Gasteiger partial charge < -0.3 is 53.9 Å². The van der Waals surface area contributed by atoms with Crippen molar-refractivity contribution in [1.82, 2.24) is 10.6 Å². The number of hydrogen-bond donors (Lipinski definition) is 5. The minimum absolute atomic E-state index is 0.0806. The van der Waals surface area contributed by atoms with E-state index in [0.29, 0.717) is 44.9 Å². The summed E-state index contributed by atoms with van der Waals surface area (Å²) in [5.74, 6) is -3.20. The molecule has 5 N–H and O–H groups in total. The van der Waals surface area contributed by atoms with Crippen molar-refractivity contribution in [2.75, 3.05) is 19.8 Å². The Morgan fingerprint density at radius 3 is 1.01 bits per heavy atom. The van der Waals surface area contributed by atoms with E-state index in [2.05, 4.69) is 52.2 Å². The topological polar surface area (TPSA) is 269 Å². The molecular weight excluding hydrogens is 1290 g/mol. The van der Waals surface area contributed by atoms with E-state index in [4.69, 9.17) is 32.9 Å². The summed E-state index contributed by atoms with van der Waals surface area (Å²) in [6.07, 6.45) is 42.2. The summed E-state index contributed by atoms with van der Waals surface area (Å²) in [6.45, 7) is 11.8. The van der Waals surface area contributed by atoms with Gasteiger partial charge in [-0.3, -0.25) is 33.3 Å². The molecule has 1 saturated heterocycles. The van der Waals surface area contributed by atoms with Gasteiger partial charge in [0, 0.05) is 25.8 Å². The number of aliphatic hydroxyl groups is 1. The van der Waals surface area contributed by atoms with Crippen LogP contribution >= 0.6 is 7.82 Å². The zero-order valence-electron chi connectivity index (χ0n) is 64.5. The number of ether oxygens (including phenoxy) is 6. The summed E-state index contributed by atoms with van der Waals surface area (Å²) in [4.78, 5) is 104. The van der Waals surface area contributed by atoms with Gasteiger partial charge in [-0.25, -0.2) is 4.57 Å². The molecule has 0 aromatic heterocycles. The van der Waals surface area contributed by atoms with Crippen LogP contribution < -0.4 is 10.6 Å². The van der Waals surface area contributed by atoms with Crippen molar-refractivity contribution in [2.24, 2.45) is 0 Å². The lowest BCUT2D eigenvalue weighted by Crippen LogP contribution is -2.66. The molecule has 0 aromatic rings. The maximum atomic E-state index is 14.7. The van der Waals surface area contributed by atoms with Crippen molar-refractivity contribution >= 4 is 43.5 Å². The molecule has 0 aliphatic carbocycles. The molecule has 2 amide bonds. The monoisotopic (exact) mass is 1440 g/mol. The quantitative estimate of drug-likeness (QED) is 0.0164. The number of amides is 2. The second-order valence-corrected chi connectivity index (χ2v) is 30.2. The molecular formula is C80H151N2O17P. The van der Waals surface area contributed by atoms with Crippen LogP contribution in [0.1, 0.15) is 408 Å². The second kappa shape index (κ2) is 66.5. The van der Waals surface area contributed by atoms with Crippen LogP contribution in [0.2, 0.25) is 0 Å². The number of rotatable bonds is 72. The number of phosphoric acid groups is 1. The smallest absolute Gasteiger partial charge is 0.462 e. The molecule has 0 aromatic carbocycles. The fourth-order valence-electron chi connectivity index (χ4n) is 13.3. The summed E-state index contributed by atoms with van der Waals surface area (Å²) in [5.41, 5.74) is 0. The third kappa shape index (κ3) is 55.3. The normalized spacial score (nSPS) is 17.1. The van der Waals surface area contributed by atoms with E-state index in [9.17, 15) is 48.2 Å². The number of carbonyl (C=O) groups excluding carboxylic acids is 6. The van der Waals surface area contributed by atoms with Crippen molar-refractivity contribution in [3.63, 3.8) is 0 Å². The highest BCUT2D eigenvalue weighted by atomic mass is 31.2. The van der Waals surface area contributed by atoms with Gasteiger partial charge in [0.25, 0.3) is 0 Å².